The summed E-state index contributed by atoms with van der Waals surface area (Å²) in [5.41, 5.74) is 3.48. The first kappa shape index (κ1) is 8.76. The topological polar surface area (TPSA) is 44.0 Å². The molecule has 2 nitrogen and oxygen atoms in total. The first-order chi connectivity index (χ1) is 5.69. The second-order valence-corrected chi connectivity index (χ2v) is 2.86. The van der Waals surface area contributed by atoms with Gasteiger partial charge in [0.1, 0.15) is 0 Å². The Morgan fingerprint density at radius 1 is 1.33 bits per heavy atom. The minimum atomic E-state index is 0.0401. The molecule has 1 aromatic carbocycles. The molecule has 0 aliphatic carbocycles. The van der Waals surface area contributed by atoms with E-state index in [0.717, 1.165) is 16.7 Å². The number of aryl methyl sites for hydroxylation is 2. The Labute approximate surface area is 72.1 Å². The summed E-state index contributed by atoms with van der Waals surface area (Å²) in [6.45, 7) is 3.81. The average molecular weight is 161 g/mol. The summed E-state index contributed by atoms with van der Waals surface area (Å²) in [7, 11) is 0. The van der Waals surface area contributed by atoms with Crippen LogP contribution in [0.5, 0.6) is 0 Å². The van der Waals surface area contributed by atoms with E-state index in [9.17, 15) is 0 Å². The maximum Gasteiger partial charge on any atom is 0.0994 e. The van der Waals surface area contributed by atoms with Crippen molar-refractivity contribution < 1.29 is 5.11 Å². The van der Waals surface area contributed by atoms with Crippen LogP contribution < -0.4 is 0 Å². The van der Waals surface area contributed by atoms with Gasteiger partial charge >= 0.3 is 0 Å². The van der Waals surface area contributed by atoms with Gasteiger partial charge in [0, 0.05) is 0 Å². The number of hydrogen-bond acceptors (Lipinski definition) is 2. The molecule has 1 N–H and O–H groups in total. The van der Waals surface area contributed by atoms with Crippen molar-refractivity contribution in [3.05, 3.63) is 34.4 Å². The summed E-state index contributed by atoms with van der Waals surface area (Å²) in [4.78, 5) is 0. The highest BCUT2D eigenvalue weighted by Gasteiger charge is 2.02. The lowest BCUT2D eigenvalue weighted by Crippen LogP contribution is -1.92. The van der Waals surface area contributed by atoms with Crippen LogP contribution in [-0.2, 0) is 6.61 Å². The third-order valence-corrected chi connectivity index (χ3v) is 1.97. The van der Waals surface area contributed by atoms with E-state index in [0.29, 0.717) is 5.56 Å². The molecular weight excluding hydrogens is 150 g/mol. The van der Waals surface area contributed by atoms with Gasteiger partial charge in [0.15, 0.2) is 0 Å². The number of nitriles is 1. The Balaban J connectivity index is 3.28. The lowest BCUT2D eigenvalue weighted by atomic mass is 10.0. The number of aliphatic hydroxyl groups is 1. The van der Waals surface area contributed by atoms with Gasteiger partial charge in [-0.1, -0.05) is 6.07 Å². The van der Waals surface area contributed by atoms with Gasteiger partial charge in [0.05, 0.1) is 18.2 Å². The smallest absolute Gasteiger partial charge is 0.0994 e. The van der Waals surface area contributed by atoms with E-state index in [4.69, 9.17) is 10.4 Å². The van der Waals surface area contributed by atoms with E-state index < -0.39 is 0 Å². The number of rotatable bonds is 1. The maximum absolute atomic E-state index is 8.92. The van der Waals surface area contributed by atoms with Crippen LogP contribution in [0.15, 0.2) is 12.1 Å². The molecule has 1 rings (SSSR count). The predicted octanol–water partition coefficient (Wildman–Crippen LogP) is 1.67. The normalized spacial score (nSPS) is 9.50. The van der Waals surface area contributed by atoms with Gasteiger partial charge < -0.3 is 5.11 Å². The number of nitrogens with zero attached hydrogens (tertiary/aromatic N) is 1. The average Bonchev–Trinajstić information content (AvgIpc) is 2.08. The van der Waals surface area contributed by atoms with Crippen molar-refractivity contribution in [2.24, 2.45) is 0 Å². The summed E-state index contributed by atoms with van der Waals surface area (Å²) < 4.78 is 0. The lowest BCUT2D eigenvalue weighted by molar-refractivity contribution is 0.281. The van der Waals surface area contributed by atoms with Crippen molar-refractivity contribution in [3.63, 3.8) is 0 Å². The van der Waals surface area contributed by atoms with E-state index >= 15 is 0 Å². The van der Waals surface area contributed by atoms with Crippen LogP contribution in [0.2, 0.25) is 0 Å². The van der Waals surface area contributed by atoms with E-state index in [1.807, 2.05) is 19.9 Å². The second-order valence-electron chi connectivity index (χ2n) is 2.86. The molecule has 0 amide bonds. The van der Waals surface area contributed by atoms with E-state index in [2.05, 4.69) is 6.07 Å². The first-order valence-electron chi connectivity index (χ1n) is 3.80. The Morgan fingerprint density at radius 3 is 2.50 bits per heavy atom. The first-order valence-corrected chi connectivity index (χ1v) is 3.80. The van der Waals surface area contributed by atoms with Crippen molar-refractivity contribution in [2.45, 2.75) is 20.5 Å². The molecule has 0 saturated heterocycles. The van der Waals surface area contributed by atoms with E-state index in [1.54, 1.807) is 6.07 Å². The van der Waals surface area contributed by atoms with Crippen molar-refractivity contribution in [2.75, 3.05) is 0 Å². The fourth-order valence-corrected chi connectivity index (χ4v) is 1.17. The molecule has 0 spiro atoms. The van der Waals surface area contributed by atoms with E-state index in [-0.39, 0.29) is 6.61 Å². The molecule has 0 aliphatic heterocycles. The molecular formula is C10H11NO. The molecule has 12 heavy (non-hydrogen) atoms. The highest BCUT2D eigenvalue weighted by molar-refractivity contribution is 5.43. The molecule has 0 heterocycles. The summed E-state index contributed by atoms with van der Waals surface area (Å²) in [6.07, 6.45) is 0. The molecule has 0 saturated carbocycles. The van der Waals surface area contributed by atoms with Crippen LogP contribution >= 0.6 is 0 Å². The largest absolute Gasteiger partial charge is 0.392 e. The van der Waals surface area contributed by atoms with Crippen LogP contribution in [0, 0.1) is 25.2 Å². The number of benzene rings is 1. The van der Waals surface area contributed by atoms with Gasteiger partial charge in [-0.05, 0) is 36.6 Å². The summed E-state index contributed by atoms with van der Waals surface area (Å²) in [5.74, 6) is 0. The van der Waals surface area contributed by atoms with Crippen LogP contribution in [0.1, 0.15) is 22.3 Å². The minimum absolute atomic E-state index is 0.0401. The molecule has 1 aromatic rings. The van der Waals surface area contributed by atoms with Crippen LogP contribution in [0.4, 0.5) is 0 Å². The molecule has 0 aliphatic rings. The Kier molecular flexibility index (Phi) is 2.47. The molecule has 0 unspecified atom stereocenters. The van der Waals surface area contributed by atoms with Gasteiger partial charge in [-0.2, -0.15) is 5.26 Å². The fourth-order valence-electron chi connectivity index (χ4n) is 1.17. The monoisotopic (exact) mass is 161 g/mol. The Hall–Kier alpha value is -1.33. The maximum atomic E-state index is 8.92. The molecule has 0 aromatic heterocycles. The standard InChI is InChI=1S/C10H11NO/c1-7-4-10(6-12)8(2)3-9(7)5-11/h3-4,12H,6H2,1-2H3. The molecule has 0 fully saturated rings. The van der Waals surface area contributed by atoms with Crippen LogP contribution in [-0.4, -0.2) is 5.11 Å². The van der Waals surface area contributed by atoms with E-state index in [1.165, 1.54) is 0 Å². The van der Waals surface area contributed by atoms with Gasteiger partial charge in [0.25, 0.3) is 0 Å². The number of aliphatic hydroxyl groups excluding tert-OH is 1. The quantitative estimate of drug-likeness (QED) is 0.680. The van der Waals surface area contributed by atoms with Crippen LogP contribution in [0.3, 0.4) is 0 Å². The SMILES string of the molecule is Cc1cc(CO)c(C)cc1C#N. The van der Waals surface area contributed by atoms with Crippen molar-refractivity contribution in [1.29, 1.82) is 5.26 Å². The molecule has 0 atom stereocenters. The molecule has 62 valence electrons. The molecule has 0 bridgehead atoms. The summed E-state index contributed by atoms with van der Waals surface area (Å²) >= 11 is 0. The molecule has 2 heteroatoms. The zero-order valence-corrected chi connectivity index (χ0v) is 7.26. The second kappa shape index (κ2) is 3.38. The zero-order chi connectivity index (χ0) is 9.14. The van der Waals surface area contributed by atoms with Gasteiger partial charge in [0.2, 0.25) is 0 Å². The minimum Gasteiger partial charge on any atom is -0.392 e. The Morgan fingerprint density at radius 2 is 2.00 bits per heavy atom. The number of hydrogen-bond donors (Lipinski definition) is 1. The fraction of sp³-hybridized carbons (Fsp3) is 0.300. The summed E-state index contributed by atoms with van der Waals surface area (Å²) in [5, 5.41) is 17.6. The predicted molar refractivity (Wildman–Crippen MR) is 46.6 cm³/mol. The van der Waals surface area contributed by atoms with Crippen molar-refractivity contribution in [3.8, 4) is 6.07 Å². The third kappa shape index (κ3) is 1.46. The Bertz CT molecular complexity index is 336. The summed E-state index contributed by atoms with van der Waals surface area (Å²) in [6, 6.07) is 5.77. The van der Waals surface area contributed by atoms with Gasteiger partial charge in [-0.15, -0.1) is 0 Å². The van der Waals surface area contributed by atoms with Crippen molar-refractivity contribution in [1.82, 2.24) is 0 Å². The highest BCUT2D eigenvalue weighted by atomic mass is 16.3. The van der Waals surface area contributed by atoms with Crippen molar-refractivity contribution >= 4 is 0 Å². The van der Waals surface area contributed by atoms with Crippen LogP contribution in [0.25, 0.3) is 0 Å². The lowest BCUT2D eigenvalue weighted by Gasteiger charge is -2.04. The highest BCUT2D eigenvalue weighted by Crippen LogP contribution is 2.14. The van der Waals surface area contributed by atoms with Gasteiger partial charge in [-0.3, -0.25) is 0 Å². The van der Waals surface area contributed by atoms with Gasteiger partial charge in [-0.25, -0.2) is 0 Å². The molecule has 0 radical (unpaired) electrons. The zero-order valence-electron chi connectivity index (χ0n) is 7.26. The third-order valence-electron chi connectivity index (χ3n) is 1.97.